The molecule has 11 heteroatoms. The second-order valence-corrected chi connectivity index (χ2v) is 9.86. The van der Waals surface area contributed by atoms with E-state index in [1.54, 1.807) is 13.8 Å². The van der Waals surface area contributed by atoms with Gasteiger partial charge in [-0.1, -0.05) is 12.1 Å². The third kappa shape index (κ3) is 4.66. The van der Waals surface area contributed by atoms with Crippen LogP contribution in [0.5, 0.6) is 5.75 Å². The lowest BCUT2D eigenvalue weighted by Crippen LogP contribution is -2.23. The average molecular weight is 496 g/mol. The first-order chi connectivity index (χ1) is 15.8. The molecule has 0 aliphatic rings. The molecular weight excluding hydrogens is 471 g/mol. The number of benzene rings is 2. The molecule has 0 aliphatic carbocycles. The Bertz CT molecular complexity index is 1350. The summed E-state index contributed by atoms with van der Waals surface area (Å²) in [6.45, 7) is 3.17. The molecule has 1 heterocycles. The van der Waals surface area contributed by atoms with Gasteiger partial charge in [-0.15, -0.1) is 0 Å². The van der Waals surface area contributed by atoms with E-state index in [-0.39, 0.29) is 27.6 Å². The number of rotatable bonds is 6. The molecule has 2 aromatic carbocycles. The Morgan fingerprint density at radius 3 is 2.29 bits per heavy atom. The molecular formula is C23H24F3N3O4S. The Kier molecular flexibility index (Phi) is 6.81. The van der Waals surface area contributed by atoms with Crippen LogP contribution in [0.3, 0.4) is 0 Å². The fourth-order valence-electron chi connectivity index (χ4n) is 3.63. The summed E-state index contributed by atoms with van der Waals surface area (Å²) in [4.78, 5) is 12.9. The zero-order valence-electron chi connectivity index (χ0n) is 19.2. The molecule has 7 nitrogen and oxygen atoms in total. The third-order valence-electron chi connectivity index (χ3n) is 5.31. The molecule has 0 saturated carbocycles. The molecule has 0 spiro atoms. The Morgan fingerprint density at radius 2 is 1.71 bits per heavy atom. The number of hydrogen-bond acceptors (Lipinski definition) is 4. The fraction of sp³-hybridized carbons (Fsp3) is 0.261. The average Bonchev–Trinajstić information content (AvgIpc) is 3.06. The van der Waals surface area contributed by atoms with Crippen LogP contribution in [0, 0.1) is 13.8 Å². The summed E-state index contributed by atoms with van der Waals surface area (Å²) >= 11 is 0. The van der Waals surface area contributed by atoms with Crippen molar-refractivity contribution in [1.82, 2.24) is 8.87 Å². The molecule has 34 heavy (non-hydrogen) atoms. The maximum Gasteiger partial charge on any atom is 0.418 e. The van der Waals surface area contributed by atoms with Crippen molar-refractivity contribution in [3.8, 4) is 11.4 Å². The molecule has 3 aromatic rings. The van der Waals surface area contributed by atoms with Gasteiger partial charge in [-0.2, -0.15) is 13.2 Å². The van der Waals surface area contributed by atoms with Crippen LogP contribution >= 0.6 is 0 Å². The maximum absolute atomic E-state index is 13.5. The van der Waals surface area contributed by atoms with E-state index in [4.69, 9.17) is 4.74 Å². The van der Waals surface area contributed by atoms with E-state index in [0.29, 0.717) is 11.4 Å². The van der Waals surface area contributed by atoms with E-state index in [9.17, 15) is 26.4 Å². The molecule has 0 unspecified atom stereocenters. The lowest BCUT2D eigenvalue weighted by atomic mass is 10.1. The SMILES string of the molecule is COc1cc(NC(=O)c2cc(C)n(-c3ccccc3C(F)(F)F)c2C)ccc1S(=O)(=O)N(C)C. The summed E-state index contributed by atoms with van der Waals surface area (Å²) in [6.07, 6.45) is -4.56. The van der Waals surface area contributed by atoms with Gasteiger partial charge >= 0.3 is 6.18 Å². The number of sulfonamides is 1. The van der Waals surface area contributed by atoms with Crippen LogP contribution in [0.4, 0.5) is 18.9 Å². The zero-order chi connectivity index (χ0) is 25.4. The minimum Gasteiger partial charge on any atom is -0.495 e. The number of aryl methyl sites for hydroxylation is 1. The number of methoxy groups -OCH3 is 1. The molecule has 1 amide bonds. The highest BCUT2D eigenvalue weighted by Gasteiger charge is 2.34. The van der Waals surface area contributed by atoms with Crippen molar-refractivity contribution >= 4 is 21.6 Å². The quantitative estimate of drug-likeness (QED) is 0.541. The van der Waals surface area contributed by atoms with Gasteiger partial charge in [0, 0.05) is 37.2 Å². The number of halogens is 3. The number of amides is 1. The van der Waals surface area contributed by atoms with Gasteiger partial charge < -0.3 is 14.6 Å². The van der Waals surface area contributed by atoms with Crippen molar-refractivity contribution in [2.24, 2.45) is 0 Å². The number of alkyl halides is 3. The predicted molar refractivity (Wildman–Crippen MR) is 122 cm³/mol. The minimum atomic E-state index is -4.56. The molecule has 1 N–H and O–H groups in total. The van der Waals surface area contributed by atoms with Gasteiger partial charge in [-0.3, -0.25) is 4.79 Å². The van der Waals surface area contributed by atoms with Gasteiger partial charge in [0.25, 0.3) is 5.91 Å². The van der Waals surface area contributed by atoms with E-state index in [1.165, 1.54) is 68.2 Å². The topological polar surface area (TPSA) is 80.6 Å². The molecule has 0 radical (unpaired) electrons. The molecule has 3 rings (SSSR count). The summed E-state index contributed by atoms with van der Waals surface area (Å²) in [6, 6.07) is 10.7. The first-order valence-corrected chi connectivity index (χ1v) is 11.5. The summed E-state index contributed by atoms with van der Waals surface area (Å²) in [5, 5.41) is 2.66. The Morgan fingerprint density at radius 1 is 1.06 bits per heavy atom. The van der Waals surface area contributed by atoms with Crippen molar-refractivity contribution in [3.05, 3.63) is 71.0 Å². The van der Waals surface area contributed by atoms with Crippen molar-refractivity contribution in [1.29, 1.82) is 0 Å². The van der Waals surface area contributed by atoms with Gasteiger partial charge in [0.2, 0.25) is 10.0 Å². The predicted octanol–water partition coefficient (Wildman–Crippen LogP) is 4.62. The molecule has 0 saturated heterocycles. The Labute approximate surface area is 195 Å². The van der Waals surface area contributed by atoms with Crippen molar-refractivity contribution < 1.29 is 31.1 Å². The van der Waals surface area contributed by atoms with Gasteiger partial charge in [0.05, 0.1) is 23.9 Å². The zero-order valence-corrected chi connectivity index (χ0v) is 20.0. The normalized spacial score (nSPS) is 12.1. The van der Waals surface area contributed by atoms with E-state index in [2.05, 4.69) is 5.32 Å². The fourth-order valence-corrected chi connectivity index (χ4v) is 4.66. The molecule has 0 aliphatic heterocycles. The molecule has 0 fully saturated rings. The standard InChI is InChI=1S/C23H24F3N3O4S/c1-14-12-17(15(2)29(14)19-9-7-6-8-18(19)23(24,25)26)22(30)27-16-10-11-21(20(13-16)33-5)34(31,32)28(3)4/h6-13H,1-5H3,(H,27,30). The highest BCUT2D eigenvalue weighted by Crippen LogP contribution is 2.36. The van der Waals surface area contributed by atoms with Crippen LogP contribution in [-0.4, -0.2) is 44.4 Å². The first-order valence-electron chi connectivity index (χ1n) is 10.1. The minimum absolute atomic E-state index is 0.0380. The number of hydrogen-bond donors (Lipinski definition) is 1. The van der Waals surface area contributed by atoms with Gasteiger partial charge in [0.1, 0.15) is 10.6 Å². The van der Waals surface area contributed by atoms with Crippen molar-refractivity contribution in [3.63, 3.8) is 0 Å². The van der Waals surface area contributed by atoms with Crippen molar-refractivity contribution in [2.75, 3.05) is 26.5 Å². The Balaban J connectivity index is 1.99. The summed E-state index contributed by atoms with van der Waals surface area (Å²) in [7, 11) is 0.307. The highest BCUT2D eigenvalue weighted by atomic mass is 32.2. The molecule has 1 aromatic heterocycles. The molecule has 182 valence electrons. The van der Waals surface area contributed by atoms with Gasteiger partial charge in [-0.05, 0) is 44.2 Å². The number of anilines is 1. The number of nitrogens with zero attached hydrogens (tertiary/aromatic N) is 2. The second kappa shape index (κ2) is 9.15. The van der Waals surface area contributed by atoms with E-state index in [0.717, 1.165) is 10.4 Å². The smallest absolute Gasteiger partial charge is 0.418 e. The van der Waals surface area contributed by atoms with E-state index in [1.807, 2.05) is 0 Å². The first kappa shape index (κ1) is 25.3. The van der Waals surface area contributed by atoms with Gasteiger partial charge in [0.15, 0.2) is 0 Å². The number of para-hydroxylation sites is 1. The van der Waals surface area contributed by atoms with Crippen LogP contribution in [0.15, 0.2) is 53.4 Å². The Hall–Kier alpha value is -3.31. The van der Waals surface area contributed by atoms with E-state index >= 15 is 0 Å². The highest BCUT2D eigenvalue weighted by molar-refractivity contribution is 7.89. The summed E-state index contributed by atoms with van der Waals surface area (Å²) in [5.41, 5.74) is 0.323. The second-order valence-electron chi connectivity index (χ2n) is 7.74. The largest absolute Gasteiger partial charge is 0.495 e. The van der Waals surface area contributed by atoms with Crippen molar-refractivity contribution in [2.45, 2.75) is 24.9 Å². The van der Waals surface area contributed by atoms with Crippen LogP contribution < -0.4 is 10.1 Å². The summed E-state index contributed by atoms with van der Waals surface area (Å²) < 4.78 is 73.1. The summed E-state index contributed by atoms with van der Waals surface area (Å²) in [5.74, 6) is -0.523. The number of aromatic nitrogens is 1. The third-order valence-corrected chi connectivity index (χ3v) is 7.16. The molecule has 0 bridgehead atoms. The van der Waals surface area contributed by atoms with Crippen LogP contribution in [0.25, 0.3) is 5.69 Å². The van der Waals surface area contributed by atoms with E-state index < -0.39 is 27.7 Å². The lowest BCUT2D eigenvalue weighted by molar-refractivity contribution is -0.137. The number of nitrogens with one attached hydrogen (secondary N) is 1. The number of carbonyl (C=O) groups excluding carboxylic acids is 1. The van der Waals surface area contributed by atoms with Crippen LogP contribution in [0.2, 0.25) is 0 Å². The molecule has 0 atom stereocenters. The van der Waals surface area contributed by atoms with Crippen LogP contribution in [0.1, 0.15) is 27.3 Å². The lowest BCUT2D eigenvalue weighted by Gasteiger charge is -2.17. The van der Waals surface area contributed by atoms with Gasteiger partial charge in [-0.25, -0.2) is 12.7 Å². The number of carbonyl (C=O) groups is 1. The monoisotopic (exact) mass is 495 g/mol. The number of ether oxygens (including phenoxy) is 1. The maximum atomic E-state index is 13.5. The van der Waals surface area contributed by atoms with Crippen LogP contribution in [-0.2, 0) is 16.2 Å².